The van der Waals surface area contributed by atoms with Crippen molar-refractivity contribution in [1.82, 2.24) is 0 Å². The molecule has 0 aliphatic heterocycles. The van der Waals surface area contributed by atoms with E-state index in [2.05, 4.69) is 0 Å². The van der Waals surface area contributed by atoms with Gasteiger partial charge >= 0.3 is 0 Å². The fourth-order valence-corrected chi connectivity index (χ4v) is 1.59. The molecule has 0 saturated carbocycles. The van der Waals surface area contributed by atoms with Crippen molar-refractivity contribution in [1.29, 1.82) is 0 Å². The van der Waals surface area contributed by atoms with Crippen molar-refractivity contribution in [3.8, 4) is 0 Å². The van der Waals surface area contributed by atoms with Crippen molar-refractivity contribution in [3.05, 3.63) is 71.3 Å². The van der Waals surface area contributed by atoms with Gasteiger partial charge in [0.15, 0.2) is 17.4 Å². The summed E-state index contributed by atoms with van der Waals surface area (Å²) in [4.78, 5) is 11.9. The lowest BCUT2D eigenvalue weighted by atomic mass is 10.00. The third-order valence-corrected chi connectivity index (χ3v) is 2.57. The van der Waals surface area contributed by atoms with Crippen molar-refractivity contribution in [2.24, 2.45) is 0 Å². The van der Waals surface area contributed by atoms with Crippen LogP contribution in [0.25, 0.3) is 0 Å². The standard InChI is InChI=1S/C14H10F2O2/c15-11-7-6-10(8-12(11)16)14(18)13(17)9-4-2-1-3-5-9/h1-8,14,18H. The lowest BCUT2D eigenvalue weighted by Crippen LogP contribution is -2.12. The summed E-state index contributed by atoms with van der Waals surface area (Å²) in [6, 6.07) is 11.0. The second-order valence-electron chi connectivity index (χ2n) is 3.81. The first-order chi connectivity index (χ1) is 8.59. The fourth-order valence-electron chi connectivity index (χ4n) is 1.59. The lowest BCUT2D eigenvalue weighted by molar-refractivity contribution is 0.0746. The van der Waals surface area contributed by atoms with Crippen LogP contribution in [0.4, 0.5) is 8.78 Å². The van der Waals surface area contributed by atoms with Gasteiger partial charge < -0.3 is 5.11 Å². The van der Waals surface area contributed by atoms with Gasteiger partial charge in [0, 0.05) is 5.56 Å². The van der Waals surface area contributed by atoms with Crippen LogP contribution in [0.3, 0.4) is 0 Å². The van der Waals surface area contributed by atoms with Gasteiger partial charge in [0.25, 0.3) is 0 Å². The Morgan fingerprint density at radius 3 is 2.28 bits per heavy atom. The highest BCUT2D eigenvalue weighted by Crippen LogP contribution is 2.20. The molecule has 1 unspecified atom stereocenters. The van der Waals surface area contributed by atoms with Crippen molar-refractivity contribution in [3.63, 3.8) is 0 Å². The van der Waals surface area contributed by atoms with Gasteiger partial charge in [-0.15, -0.1) is 0 Å². The highest BCUT2D eigenvalue weighted by Gasteiger charge is 2.20. The first-order valence-corrected chi connectivity index (χ1v) is 5.32. The van der Waals surface area contributed by atoms with E-state index in [0.29, 0.717) is 5.56 Å². The monoisotopic (exact) mass is 248 g/mol. The average Bonchev–Trinajstić information content (AvgIpc) is 2.41. The summed E-state index contributed by atoms with van der Waals surface area (Å²) >= 11 is 0. The highest BCUT2D eigenvalue weighted by atomic mass is 19.2. The molecule has 2 aromatic rings. The molecule has 0 amide bonds. The Balaban J connectivity index is 2.28. The summed E-state index contributed by atoms with van der Waals surface area (Å²) in [5.41, 5.74) is 0.345. The molecule has 0 spiro atoms. The second-order valence-corrected chi connectivity index (χ2v) is 3.81. The lowest BCUT2D eigenvalue weighted by Gasteiger charge is -2.10. The second kappa shape index (κ2) is 5.06. The molecule has 18 heavy (non-hydrogen) atoms. The number of carbonyl (C=O) groups excluding carboxylic acids is 1. The molecule has 1 N–H and O–H groups in total. The van der Waals surface area contributed by atoms with Crippen LogP contribution < -0.4 is 0 Å². The molecule has 0 radical (unpaired) electrons. The Morgan fingerprint density at radius 2 is 1.67 bits per heavy atom. The minimum atomic E-state index is -1.50. The van der Waals surface area contributed by atoms with Crippen molar-refractivity contribution >= 4 is 5.78 Å². The molecule has 4 heteroatoms. The molecule has 0 fully saturated rings. The molecule has 0 aromatic heterocycles. The predicted molar refractivity (Wildman–Crippen MR) is 62.1 cm³/mol. The summed E-state index contributed by atoms with van der Waals surface area (Å²) < 4.78 is 25.8. The number of halogens is 2. The van der Waals surface area contributed by atoms with Gasteiger partial charge in [0.2, 0.25) is 0 Å². The van der Waals surface area contributed by atoms with Crippen LogP contribution in [0.15, 0.2) is 48.5 Å². The van der Waals surface area contributed by atoms with Gasteiger partial charge in [-0.05, 0) is 17.7 Å². The molecule has 1 atom stereocenters. The zero-order valence-corrected chi connectivity index (χ0v) is 9.31. The van der Waals surface area contributed by atoms with Crippen LogP contribution >= 0.6 is 0 Å². The van der Waals surface area contributed by atoms with Gasteiger partial charge in [0.1, 0.15) is 6.10 Å². The number of carbonyl (C=O) groups is 1. The Hall–Kier alpha value is -2.07. The number of ketones is 1. The summed E-state index contributed by atoms with van der Waals surface area (Å²) in [5, 5.41) is 9.82. The molecule has 2 nitrogen and oxygen atoms in total. The third-order valence-electron chi connectivity index (χ3n) is 2.57. The Labute approximate surface area is 103 Å². The third kappa shape index (κ3) is 2.43. The molecule has 2 aromatic carbocycles. The first kappa shape index (κ1) is 12.4. The largest absolute Gasteiger partial charge is 0.380 e. The highest BCUT2D eigenvalue weighted by molar-refractivity contribution is 5.99. The fraction of sp³-hybridized carbons (Fsp3) is 0.0714. The van der Waals surface area contributed by atoms with E-state index in [1.54, 1.807) is 30.3 Å². The van der Waals surface area contributed by atoms with Crippen LogP contribution in [0.1, 0.15) is 22.0 Å². The Kier molecular flexibility index (Phi) is 3.48. The van der Waals surface area contributed by atoms with E-state index in [1.807, 2.05) is 0 Å². The quantitative estimate of drug-likeness (QED) is 0.848. The van der Waals surface area contributed by atoms with E-state index in [-0.39, 0.29) is 5.56 Å². The van der Waals surface area contributed by atoms with Gasteiger partial charge in [-0.1, -0.05) is 36.4 Å². The van der Waals surface area contributed by atoms with Crippen molar-refractivity contribution in [2.75, 3.05) is 0 Å². The van der Waals surface area contributed by atoms with Crippen molar-refractivity contribution in [2.45, 2.75) is 6.10 Å². The van der Waals surface area contributed by atoms with Crippen LogP contribution in [0.5, 0.6) is 0 Å². The van der Waals surface area contributed by atoms with E-state index >= 15 is 0 Å². The normalized spacial score (nSPS) is 12.2. The number of aliphatic hydroxyl groups excluding tert-OH is 1. The Morgan fingerprint density at radius 1 is 1.00 bits per heavy atom. The minimum Gasteiger partial charge on any atom is -0.380 e. The maximum Gasteiger partial charge on any atom is 0.195 e. The number of hydrogen-bond donors (Lipinski definition) is 1. The molecule has 0 bridgehead atoms. The molecule has 0 saturated heterocycles. The molecule has 92 valence electrons. The van der Waals surface area contributed by atoms with Gasteiger partial charge in [0.05, 0.1) is 0 Å². The molecular weight excluding hydrogens is 238 g/mol. The molecule has 0 heterocycles. The van der Waals surface area contributed by atoms with Crippen LogP contribution in [0, 0.1) is 11.6 Å². The minimum absolute atomic E-state index is 0.0303. The number of rotatable bonds is 3. The zero-order valence-electron chi connectivity index (χ0n) is 9.31. The molecule has 0 aliphatic rings. The molecule has 2 rings (SSSR count). The molecule has 0 aliphatic carbocycles. The summed E-state index contributed by atoms with van der Waals surface area (Å²) in [6.45, 7) is 0. The number of aliphatic hydroxyl groups is 1. The SMILES string of the molecule is O=C(c1ccccc1)C(O)c1ccc(F)c(F)c1. The van der Waals surface area contributed by atoms with E-state index in [4.69, 9.17) is 0 Å². The van der Waals surface area contributed by atoms with E-state index < -0.39 is 23.5 Å². The smallest absolute Gasteiger partial charge is 0.195 e. The summed E-state index contributed by atoms with van der Waals surface area (Å²) in [5.74, 6) is -2.66. The van der Waals surface area contributed by atoms with E-state index in [1.165, 1.54) is 6.07 Å². The number of Topliss-reactive ketones (excluding diaryl/α,β-unsaturated/α-hetero) is 1. The van der Waals surface area contributed by atoms with Gasteiger partial charge in [-0.3, -0.25) is 4.79 Å². The van der Waals surface area contributed by atoms with E-state index in [9.17, 15) is 18.7 Å². The molecular formula is C14H10F2O2. The predicted octanol–water partition coefficient (Wildman–Crippen LogP) is 2.88. The van der Waals surface area contributed by atoms with E-state index in [0.717, 1.165) is 12.1 Å². The topological polar surface area (TPSA) is 37.3 Å². The van der Waals surface area contributed by atoms with Gasteiger partial charge in [-0.2, -0.15) is 0 Å². The van der Waals surface area contributed by atoms with Crippen molar-refractivity contribution < 1.29 is 18.7 Å². The Bertz CT molecular complexity index is 567. The first-order valence-electron chi connectivity index (χ1n) is 5.32. The summed E-state index contributed by atoms with van der Waals surface area (Å²) in [7, 11) is 0. The average molecular weight is 248 g/mol. The van der Waals surface area contributed by atoms with Gasteiger partial charge in [-0.25, -0.2) is 8.78 Å². The van der Waals surface area contributed by atoms with Crippen LogP contribution in [-0.4, -0.2) is 10.9 Å². The van der Waals surface area contributed by atoms with Crippen LogP contribution in [0.2, 0.25) is 0 Å². The maximum atomic E-state index is 13.0. The number of benzene rings is 2. The summed E-state index contributed by atoms with van der Waals surface area (Å²) in [6.07, 6.45) is -1.50. The number of hydrogen-bond acceptors (Lipinski definition) is 2. The maximum absolute atomic E-state index is 13.0. The van der Waals surface area contributed by atoms with Crippen LogP contribution in [-0.2, 0) is 0 Å². The zero-order chi connectivity index (χ0) is 13.1.